The van der Waals surface area contributed by atoms with E-state index < -0.39 is 11.3 Å². The summed E-state index contributed by atoms with van der Waals surface area (Å²) >= 11 is 0. The van der Waals surface area contributed by atoms with Crippen LogP contribution in [0.4, 0.5) is 5.95 Å². The van der Waals surface area contributed by atoms with Gasteiger partial charge in [0, 0.05) is 17.7 Å². The fourth-order valence-corrected chi connectivity index (χ4v) is 3.87. The van der Waals surface area contributed by atoms with Gasteiger partial charge in [-0.15, -0.1) is 0 Å². The zero-order valence-electron chi connectivity index (χ0n) is 17.6. The number of imidazole rings is 1. The minimum atomic E-state index is -0.976. The van der Waals surface area contributed by atoms with E-state index in [4.69, 9.17) is 10.5 Å². The molecule has 1 heterocycles. The molecule has 2 aromatic carbocycles. The summed E-state index contributed by atoms with van der Waals surface area (Å²) in [7, 11) is 1.57. The quantitative estimate of drug-likeness (QED) is 0.456. The van der Waals surface area contributed by atoms with E-state index in [9.17, 15) is 14.7 Å². The number of nitrogens with zero attached hydrogens (tertiary/aromatic N) is 1. The van der Waals surface area contributed by atoms with E-state index in [1.54, 1.807) is 25.3 Å². The third-order valence-corrected chi connectivity index (χ3v) is 5.72. The second-order valence-corrected chi connectivity index (χ2v) is 7.64. The van der Waals surface area contributed by atoms with Gasteiger partial charge in [-0.25, -0.2) is 4.98 Å². The molecule has 1 aromatic heterocycles. The number of hydrogen-bond acceptors (Lipinski definition) is 5. The number of anilines is 1. The number of methoxy groups -OCH3 is 1. The molecule has 32 heavy (non-hydrogen) atoms. The monoisotopic (exact) mass is 432 g/mol. The molecule has 1 unspecified atom stereocenters. The van der Waals surface area contributed by atoms with Crippen LogP contribution >= 0.6 is 0 Å². The Morgan fingerprint density at radius 3 is 2.66 bits per heavy atom. The summed E-state index contributed by atoms with van der Waals surface area (Å²) in [5.41, 5.74) is 8.20. The molecular formula is C24H24N4O4. The molecule has 1 aliphatic rings. The van der Waals surface area contributed by atoms with Gasteiger partial charge in [0.25, 0.3) is 5.91 Å². The number of ether oxygens (including phenoxy) is 1. The highest BCUT2D eigenvalue weighted by molar-refractivity contribution is 6.07. The summed E-state index contributed by atoms with van der Waals surface area (Å²) in [4.78, 5) is 32.4. The van der Waals surface area contributed by atoms with Crippen LogP contribution in [0.1, 0.15) is 12.8 Å². The van der Waals surface area contributed by atoms with Crippen molar-refractivity contribution >= 4 is 28.8 Å². The number of amides is 2. The topological polar surface area (TPSA) is 130 Å². The van der Waals surface area contributed by atoms with Crippen LogP contribution in [0, 0.1) is 5.41 Å². The van der Waals surface area contributed by atoms with Crippen LogP contribution in [-0.2, 0) is 9.59 Å². The van der Waals surface area contributed by atoms with Gasteiger partial charge in [-0.05, 0) is 30.5 Å². The third-order valence-electron chi connectivity index (χ3n) is 5.72. The number of carbonyl (C=O) groups excluding carboxylic acids is 2. The Morgan fingerprint density at radius 2 is 2.03 bits per heavy atom. The van der Waals surface area contributed by atoms with Gasteiger partial charge in [0.15, 0.2) is 0 Å². The van der Waals surface area contributed by atoms with Crippen LogP contribution in [-0.4, -0.2) is 40.6 Å². The minimum Gasteiger partial charge on any atom is -0.494 e. The average Bonchev–Trinajstić information content (AvgIpc) is 3.23. The molecule has 8 heteroatoms. The molecule has 3 aromatic rings. The van der Waals surface area contributed by atoms with Crippen molar-refractivity contribution in [1.29, 1.82) is 0 Å². The van der Waals surface area contributed by atoms with Crippen molar-refractivity contribution in [3.05, 3.63) is 66.3 Å². The third kappa shape index (κ3) is 3.88. The van der Waals surface area contributed by atoms with Crippen molar-refractivity contribution < 1.29 is 19.4 Å². The minimum absolute atomic E-state index is 0.173. The number of rotatable bonds is 7. The molecule has 164 valence electrons. The number of nitrogens with two attached hydrogens (primary N) is 1. The van der Waals surface area contributed by atoms with E-state index in [1.807, 2.05) is 42.5 Å². The Bertz CT molecular complexity index is 1230. The van der Waals surface area contributed by atoms with Crippen molar-refractivity contribution in [3.63, 3.8) is 0 Å². The molecule has 0 saturated carbocycles. The first-order chi connectivity index (χ1) is 15.5. The molecule has 1 atom stereocenters. The number of aliphatic hydroxyl groups is 1. The fourth-order valence-electron chi connectivity index (χ4n) is 3.87. The van der Waals surface area contributed by atoms with Crippen molar-refractivity contribution in [1.82, 2.24) is 9.97 Å². The van der Waals surface area contributed by atoms with Gasteiger partial charge in [0.1, 0.15) is 11.3 Å². The maximum Gasteiger partial charge on any atom is 0.257 e. The number of H-pyrrole nitrogens is 1. The summed E-state index contributed by atoms with van der Waals surface area (Å²) in [6.45, 7) is -0.173. The number of nitrogens with one attached hydrogen (secondary N) is 2. The van der Waals surface area contributed by atoms with E-state index >= 15 is 0 Å². The molecule has 5 N–H and O–H groups in total. The van der Waals surface area contributed by atoms with Gasteiger partial charge >= 0.3 is 0 Å². The van der Waals surface area contributed by atoms with Gasteiger partial charge in [-0.3, -0.25) is 14.9 Å². The van der Waals surface area contributed by atoms with Crippen LogP contribution in [0.25, 0.3) is 22.2 Å². The zero-order valence-corrected chi connectivity index (χ0v) is 17.6. The fraction of sp³-hybridized carbons (Fsp3) is 0.208. The Kier molecular flexibility index (Phi) is 5.79. The lowest BCUT2D eigenvalue weighted by molar-refractivity contribution is -0.126. The largest absolute Gasteiger partial charge is 0.494 e. The van der Waals surface area contributed by atoms with Crippen molar-refractivity contribution in [2.45, 2.75) is 12.8 Å². The molecule has 1 aliphatic carbocycles. The molecular weight excluding hydrogens is 408 g/mol. The zero-order chi connectivity index (χ0) is 22.7. The number of aromatic amines is 1. The number of aromatic nitrogens is 2. The van der Waals surface area contributed by atoms with E-state index in [0.717, 1.165) is 16.6 Å². The van der Waals surface area contributed by atoms with Crippen LogP contribution in [0.3, 0.4) is 0 Å². The van der Waals surface area contributed by atoms with Crippen molar-refractivity contribution in [2.75, 3.05) is 19.0 Å². The number of hydrogen-bond donors (Lipinski definition) is 4. The average molecular weight is 432 g/mol. The number of allylic oxidation sites excluding steroid dienone is 1. The maximum absolute atomic E-state index is 12.8. The first-order valence-electron chi connectivity index (χ1n) is 10.2. The molecule has 8 nitrogen and oxygen atoms in total. The molecule has 2 amide bonds. The highest BCUT2D eigenvalue weighted by Crippen LogP contribution is 2.35. The smallest absolute Gasteiger partial charge is 0.257 e. The number of fused-ring (bicyclic) bond motifs is 1. The second kappa shape index (κ2) is 8.68. The predicted octanol–water partition coefficient (Wildman–Crippen LogP) is 2.92. The molecule has 0 aliphatic heterocycles. The van der Waals surface area contributed by atoms with Gasteiger partial charge in [-0.1, -0.05) is 48.6 Å². The Morgan fingerprint density at radius 1 is 1.25 bits per heavy atom. The Balaban J connectivity index is 1.61. The summed E-state index contributed by atoms with van der Waals surface area (Å²) < 4.78 is 5.44. The molecule has 0 bridgehead atoms. The van der Waals surface area contributed by atoms with E-state index in [2.05, 4.69) is 15.3 Å². The number of carbonyl (C=O) groups is 2. The highest BCUT2D eigenvalue weighted by Gasteiger charge is 2.34. The normalized spacial score (nSPS) is 17.8. The van der Waals surface area contributed by atoms with Gasteiger partial charge in [0.05, 0.1) is 18.0 Å². The molecule has 0 saturated heterocycles. The number of aliphatic hydroxyl groups excluding tert-OH is 1. The lowest BCUT2D eigenvalue weighted by Gasteiger charge is -2.28. The van der Waals surface area contributed by atoms with Crippen LogP contribution < -0.4 is 15.8 Å². The second-order valence-electron chi connectivity index (χ2n) is 7.64. The summed E-state index contributed by atoms with van der Waals surface area (Å²) in [6.07, 6.45) is 5.24. The molecule has 0 fully saturated rings. The number of primary amides is 1. The van der Waals surface area contributed by atoms with E-state index in [-0.39, 0.29) is 31.3 Å². The summed E-state index contributed by atoms with van der Waals surface area (Å²) in [5.74, 6) is -0.0366. The van der Waals surface area contributed by atoms with Crippen LogP contribution in [0.2, 0.25) is 0 Å². The Labute approximate surface area is 184 Å². The standard InChI is InChI=1S/C24H24N4O4/c1-32-18-8-7-17(15-5-3-2-4-6-15)19-20(18)27-23(26-19)28-21(30)16-9-11-24(12-10-16,13-14-29)22(25)31/h2-11,29H,12-14H2,1H3,(H2,25,31)(H2,26,27,28,30). The van der Waals surface area contributed by atoms with Gasteiger partial charge < -0.3 is 20.6 Å². The van der Waals surface area contributed by atoms with Crippen molar-refractivity contribution in [2.24, 2.45) is 11.1 Å². The SMILES string of the molecule is COc1ccc(-c2ccccc2)c2[nH]c(NC(=O)C3=CCC(CCO)(C(N)=O)C=C3)nc12. The molecule has 0 radical (unpaired) electrons. The molecule has 0 spiro atoms. The number of benzene rings is 2. The lowest BCUT2D eigenvalue weighted by Crippen LogP contribution is -2.37. The van der Waals surface area contributed by atoms with E-state index in [1.165, 1.54) is 0 Å². The first-order valence-corrected chi connectivity index (χ1v) is 10.2. The maximum atomic E-state index is 12.8. The predicted molar refractivity (Wildman–Crippen MR) is 122 cm³/mol. The lowest BCUT2D eigenvalue weighted by atomic mass is 9.77. The molecule has 4 rings (SSSR count). The van der Waals surface area contributed by atoms with Gasteiger partial charge in [0.2, 0.25) is 11.9 Å². The van der Waals surface area contributed by atoms with E-state index in [0.29, 0.717) is 16.8 Å². The van der Waals surface area contributed by atoms with Crippen molar-refractivity contribution in [3.8, 4) is 16.9 Å². The summed E-state index contributed by atoms with van der Waals surface area (Å²) in [5, 5.41) is 12.0. The van der Waals surface area contributed by atoms with Crippen LogP contribution in [0.5, 0.6) is 5.75 Å². The Hall–Kier alpha value is -3.91. The summed E-state index contributed by atoms with van der Waals surface area (Å²) in [6, 6.07) is 13.6. The van der Waals surface area contributed by atoms with Gasteiger partial charge in [-0.2, -0.15) is 0 Å². The van der Waals surface area contributed by atoms with Crippen LogP contribution in [0.15, 0.2) is 66.3 Å². The highest BCUT2D eigenvalue weighted by atomic mass is 16.5. The first kappa shape index (κ1) is 21.3.